The van der Waals surface area contributed by atoms with Crippen LogP contribution < -0.4 is 0 Å². The summed E-state index contributed by atoms with van der Waals surface area (Å²) in [6, 6.07) is 10.7. The Bertz CT molecular complexity index is 537. The van der Waals surface area contributed by atoms with Crippen LogP contribution >= 0.6 is 22.7 Å². The summed E-state index contributed by atoms with van der Waals surface area (Å²) in [5, 5.41) is 18.6. The van der Waals surface area contributed by atoms with Gasteiger partial charge in [0.05, 0.1) is 0 Å². The lowest BCUT2D eigenvalue weighted by Gasteiger charge is -2.04. The number of nitrogens with zero attached hydrogens (tertiary/aromatic N) is 2. The van der Waals surface area contributed by atoms with Crippen molar-refractivity contribution in [3.05, 3.63) is 57.9 Å². The highest BCUT2D eigenvalue weighted by Gasteiger charge is 2.06. The van der Waals surface area contributed by atoms with Crippen molar-refractivity contribution in [3.63, 3.8) is 0 Å². The highest BCUT2D eigenvalue weighted by atomic mass is 32.1. The molecule has 2 aromatic rings. The van der Waals surface area contributed by atoms with E-state index in [-0.39, 0.29) is 0 Å². The topological polar surface area (TPSA) is 47.6 Å². The quantitative estimate of drug-likeness (QED) is 0.767. The molecule has 4 heteroatoms. The molecule has 0 unspecified atom stereocenters. The molecule has 0 fully saturated rings. The molecule has 0 spiro atoms. The summed E-state index contributed by atoms with van der Waals surface area (Å²) in [6.07, 6.45) is 0. The van der Waals surface area contributed by atoms with Crippen molar-refractivity contribution in [2.75, 3.05) is 0 Å². The fourth-order valence-corrected chi connectivity index (χ4v) is 2.65. The molecule has 2 nitrogen and oxygen atoms in total. The zero-order valence-electron chi connectivity index (χ0n) is 9.59. The zero-order valence-corrected chi connectivity index (χ0v) is 11.2. The van der Waals surface area contributed by atoms with E-state index < -0.39 is 0 Å². The van der Waals surface area contributed by atoms with E-state index in [9.17, 15) is 0 Å². The van der Waals surface area contributed by atoms with E-state index in [0.29, 0.717) is 0 Å². The molecule has 0 aliphatic carbocycles. The van der Waals surface area contributed by atoms with E-state index in [1.54, 1.807) is 22.7 Å². The minimum atomic E-state index is 1.03. The third kappa shape index (κ3) is 3.71. The Morgan fingerprint density at radius 1 is 0.889 bits per heavy atom. The van der Waals surface area contributed by atoms with Crippen molar-refractivity contribution in [2.24, 2.45) is 0 Å². The molecule has 0 amide bonds. The van der Waals surface area contributed by atoms with Crippen LogP contribution in [0.2, 0.25) is 0 Å². The Kier molecular flexibility index (Phi) is 5.60. The summed E-state index contributed by atoms with van der Waals surface area (Å²) >= 11 is 3.40. The lowest BCUT2D eigenvalue weighted by molar-refractivity contribution is 1.49. The number of rotatable bonds is 3. The molecular weight excluding hydrogens is 260 g/mol. The maximum absolute atomic E-state index is 7.26. The summed E-state index contributed by atoms with van der Waals surface area (Å²) in [6.45, 7) is 8.14. The van der Waals surface area contributed by atoms with Crippen molar-refractivity contribution < 1.29 is 0 Å². The molecule has 0 saturated heterocycles. The predicted octanol–water partition coefficient (Wildman–Crippen LogP) is 4.57. The zero-order chi connectivity index (χ0) is 13.4. The van der Waals surface area contributed by atoms with Gasteiger partial charge in [0, 0.05) is 9.75 Å². The molecule has 0 radical (unpaired) electrons. The molecule has 2 heterocycles. The monoisotopic (exact) mass is 270 g/mol. The minimum absolute atomic E-state index is 1.03. The molecule has 2 rings (SSSR count). The summed E-state index contributed by atoms with van der Waals surface area (Å²) < 4.78 is 0. The van der Waals surface area contributed by atoms with Crippen molar-refractivity contribution in [3.8, 4) is 12.1 Å². The lowest BCUT2D eigenvalue weighted by atomic mass is 10.1. The van der Waals surface area contributed by atoms with Gasteiger partial charge in [-0.3, -0.25) is 0 Å². The average molecular weight is 270 g/mol. The van der Waals surface area contributed by atoms with E-state index in [2.05, 4.69) is 36.1 Å². The third-order valence-electron chi connectivity index (χ3n) is 2.05. The molecule has 18 heavy (non-hydrogen) atoms. The first-order chi connectivity index (χ1) is 8.70. The second kappa shape index (κ2) is 7.24. The first-order valence-electron chi connectivity index (χ1n) is 4.94. The molecular formula is C14H10N2S2. The summed E-state index contributed by atoms with van der Waals surface area (Å²) in [5.74, 6) is 0. The number of hydrogen-bond acceptors (Lipinski definition) is 4. The molecule has 0 N–H and O–H groups in total. The number of hydrogen-bond donors (Lipinski definition) is 0. The van der Waals surface area contributed by atoms with Gasteiger partial charge in [0.1, 0.15) is 0 Å². The normalized spacial score (nSPS) is 8.33. The molecule has 0 atom stereocenters. The summed E-state index contributed by atoms with van der Waals surface area (Å²) in [5.41, 5.74) is 2.06. The molecule has 0 bridgehead atoms. The maximum Gasteiger partial charge on any atom is 0.181 e. The second-order valence-corrected chi connectivity index (χ2v) is 5.03. The van der Waals surface area contributed by atoms with Crippen LogP contribution in [0.4, 0.5) is 0 Å². The second-order valence-electron chi connectivity index (χ2n) is 3.14. The van der Waals surface area contributed by atoms with Crippen LogP contribution in [-0.2, 0) is 0 Å². The van der Waals surface area contributed by atoms with Crippen LogP contribution in [0, 0.1) is 22.7 Å². The van der Waals surface area contributed by atoms with Crippen molar-refractivity contribution in [1.82, 2.24) is 0 Å². The molecule has 2 aromatic heterocycles. The van der Waals surface area contributed by atoms with Crippen LogP contribution in [0.5, 0.6) is 0 Å². The maximum atomic E-state index is 7.26. The SMILES string of the molecule is C=C(C(=C)c1cccs1)c1cccs1.N#CC#N. The van der Waals surface area contributed by atoms with Gasteiger partial charge in [-0.05, 0) is 34.0 Å². The Morgan fingerprint density at radius 3 is 1.50 bits per heavy atom. The molecule has 0 aromatic carbocycles. The first kappa shape index (κ1) is 13.9. The Hall–Kier alpha value is -2.14. The highest BCUT2D eigenvalue weighted by Crippen LogP contribution is 2.32. The van der Waals surface area contributed by atoms with Gasteiger partial charge in [0.25, 0.3) is 0 Å². The van der Waals surface area contributed by atoms with E-state index in [4.69, 9.17) is 10.5 Å². The van der Waals surface area contributed by atoms with Gasteiger partial charge in [0.2, 0.25) is 0 Å². The van der Waals surface area contributed by atoms with Gasteiger partial charge in [-0.25, -0.2) is 0 Å². The van der Waals surface area contributed by atoms with Crippen LogP contribution in [0.15, 0.2) is 48.2 Å². The standard InChI is InChI=1S/C12H10S2.C2N2/c1-9(11-5-3-7-13-11)10(2)12-6-4-8-14-12;3-1-2-4/h3-8H,1-2H2;. The van der Waals surface area contributed by atoms with E-state index in [0.717, 1.165) is 11.1 Å². The Balaban J connectivity index is 0.000000357. The lowest BCUT2D eigenvalue weighted by Crippen LogP contribution is -1.80. The highest BCUT2D eigenvalue weighted by molar-refractivity contribution is 7.12. The fourth-order valence-electron chi connectivity index (χ4n) is 1.20. The fraction of sp³-hybridized carbons (Fsp3) is 0. The van der Waals surface area contributed by atoms with Gasteiger partial charge < -0.3 is 0 Å². The van der Waals surface area contributed by atoms with E-state index in [1.807, 2.05) is 12.1 Å². The Morgan fingerprint density at radius 2 is 1.28 bits per heavy atom. The number of thiophene rings is 2. The van der Waals surface area contributed by atoms with Crippen LogP contribution in [0.25, 0.3) is 11.1 Å². The molecule has 0 aliphatic heterocycles. The van der Waals surface area contributed by atoms with Gasteiger partial charge in [-0.15, -0.1) is 22.7 Å². The van der Waals surface area contributed by atoms with Gasteiger partial charge in [0.15, 0.2) is 12.1 Å². The summed E-state index contributed by atoms with van der Waals surface area (Å²) in [7, 11) is 0. The van der Waals surface area contributed by atoms with Gasteiger partial charge >= 0.3 is 0 Å². The smallest absolute Gasteiger partial charge is 0.181 e. The van der Waals surface area contributed by atoms with Crippen molar-refractivity contribution >= 4 is 33.8 Å². The van der Waals surface area contributed by atoms with Crippen LogP contribution in [-0.4, -0.2) is 0 Å². The van der Waals surface area contributed by atoms with Crippen molar-refractivity contribution in [1.29, 1.82) is 10.5 Å². The molecule has 88 valence electrons. The minimum Gasteiger partial charge on any atom is -0.181 e. The van der Waals surface area contributed by atoms with Gasteiger partial charge in [-0.2, -0.15) is 10.5 Å². The first-order valence-corrected chi connectivity index (χ1v) is 6.70. The van der Waals surface area contributed by atoms with Crippen LogP contribution in [0.1, 0.15) is 9.75 Å². The van der Waals surface area contributed by atoms with Crippen molar-refractivity contribution in [2.45, 2.75) is 0 Å². The Labute approximate surface area is 114 Å². The van der Waals surface area contributed by atoms with Crippen LogP contribution in [0.3, 0.4) is 0 Å². The summed E-state index contributed by atoms with van der Waals surface area (Å²) in [4.78, 5) is 2.40. The number of nitriles is 2. The van der Waals surface area contributed by atoms with E-state index >= 15 is 0 Å². The largest absolute Gasteiger partial charge is 0.181 e. The average Bonchev–Trinajstić information content (AvgIpc) is 3.09. The number of allylic oxidation sites excluding steroid dienone is 2. The van der Waals surface area contributed by atoms with Gasteiger partial charge in [-0.1, -0.05) is 25.3 Å². The molecule has 0 saturated carbocycles. The predicted molar refractivity (Wildman–Crippen MR) is 77.9 cm³/mol. The third-order valence-corrected chi connectivity index (χ3v) is 3.91. The van der Waals surface area contributed by atoms with E-state index in [1.165, 1.54) is 21.9 Å². The molecule has 0 aliphatic rings.